The molecule has 0 aromatic carbocycles. The van der Waals surface area contributed by atoms with E-state index >= 15 is 0 Å². The first-order valence-electron chi connectivity index (χ1n) is 28.2. The van der Waals surface area contributed by atoms with Gasteiger partial charge in [0.25, 0.3) is 0 Å². The fraction of sp³-hybridized carbons (Fsp3) is 0.855. The van der Waals surface area contributed by atoms with Crippen LogP contribution in [-0.4, -0.2) is 229 Å². The molecule has 0 bridgehead atoms. The first-order valence-corrected chi connectivity index (χ1v) is 32.2. The summed E-state index contributed by atoms with van der Waals surface area (Å²) in [7, 11) is 1.94. The number of Topliss-reactive ketones (excluding diaryl/α,β-unsaturated/α-hetero) is 2. The van der Waals surface area contributed by atoms with Crippen molar-refractivity contribution in [1.29, 1.82) is 0 Å². The molecule has 77 heavy (non-hydrogen) atoms. The van der Waals surface area contributed by atoms with E-state index in [-0.39, 0.29) is 99.2 Å². The van der Waals surface area contributed by atoms with Crippen molar-refractivity contribution < 1.29 is 38.4 Å². The van der Waals surface area contributed by atoms with E-state index in [1.54, 1.807) is 0 Å². The lowest BCUT2D eigenvalue weighted by molar-refractivity contribution is -0.126. The van der Waals surface area contributed by atoms with Gasteiger partial charge in [-0.25, -0.2) is 0 Å². The van der Waals surface area contributed by atoms with E-state index in [2.05, 4.69) is 107 Å². The Morgan fingerprint density at radius 2 is 0.740 bits per heavy atom. The molecule has 0 aliphatic rings. The quantitative estimate of drug-likeness (QED) is 0.0356. The lowest BCUT2D eigenvalue weighted by Crippen LogP contribution is -2.45. The van der Waals surface area contributed by atoms with Crippen molar-refractivity contribution in [2.75, 3.05) is 154 Å². The third-order valence-electron chi connectivity index (χ3n) is 11.9. The number of carbonyl (C=O) groups is 8. The van der Waals surface area contributed by atoms with Gasteiger partial charge in [0.15, 0.2) is 20.5 Å². The fourth-order valence-corrected chi connectivity index (χ4v) is 10.7. The smallest absolute Gasteiger partial charge is 0.220 e. The Morgan fingerprint density at radius 3 is 1.12 bits per heavy atom. The van der Waals surface area contributed by atoms with Gasteiger partial charge in [-0.1, -0.05) is 81.7 Å². The minimum absolute atomic E-state index is 0.0295. The average molecular weight is 1160 g/mol. The monoisotopic (exact) mass is 1160 g/mol. The topological polar surface area (TPSA) is 222 Å². The summed E-state index contributed by atoms with van der Waals surface area (Å²) in [6.07, 6.45) is 2.82. The first kappa shape index (κ1) is 75.0. The van der Waals surface area contributed by atoms with Crippen molar-refractivity contribution in [3.8, 4) is 0 Å². The van der Waals surface area contributed by atoms with E-state index in [0.29, 0.717) is 62.9 Å². The molecule has 0 unspecified atom stereocenters. The Hall–Kier alpha value is -1.96. The van der Waals surface area contributed by atoms with Crippen LogP contribution in [0.4, 0.5) is 0 Å². The van der Waals surface area contributed by atoms with Crippen LogP contribution in [0.5, 0.6) is 0 Å². The van der Waals surface area contributed by atoms with Gasteiger partial charge in [0, 0.05) is 183 Å². The predicted molar refractivity (Wildman–Crippen MR) is 326 cm³/mol. The third kappa shape index (κ3) is 47.4. The lowest BCUT2D eigenvalue weighted by atomic mass is 9.89. The summed E-state index contributed by atoms with van der Waals surface area (Å²) in [4.78, 5) is 109. The molecule has 2 amide bonds. The maximum absolute atomic E-state index is 12.8. The molecule has 448 valence electrons. The van der Waals surface area contributed by atoms with Gasteiger partial charge in [0.1, 0.15) is 11.6 Å². The number of likely N-dealkylation sites (N-methyl/N-ethyl adjacent to an activating group) is 1. The van der Waals surface area contributed by atoms with Crippen molar-refractivity contribution in [1.82, 2.24) is 51.5 Å². The molecule has 0 saturated carbocycles. The van der Waals surface area contributed by atoms with Crippen molar-refractivity contribution in [3.05, 3.63) is 0 Å². The molecule has 22 heteroatoms. The molecule has 0 aromatic heterocycles. The van der Waals surface area contributed by atoms with Crippen molar-refractivity contribution >= 4 is 90.9 Å². The third-order valence-corrected chi connectivity index (χ3v) is 15.4. The average Bonchev–Trinajstić information content (AvgIpc) is 3.32. The summed E-state index contributed by atoms with van der Waals surface area (Å²) in [6.45, 7) is 38.0. The molecule has 0 aromatic rings. The van der Waals surface area contributed by atoms with E-state index in [1.807, 2.05) is 27.8 Å². The number of hydrogen-bond donors (Lipinski definition) is 6. The van der Waals surface area contributed by atoms with Crippen LogP contribution in [0, 0.1) is 5.41 Å². The Bertz CT molecular complexity index is 1700. The van der Waals surface area contributed by atoms with Crippen LogP contribution in [0.15, 0.2) is 0 Å². The molecule has 0 radical (unpaired) electrons. The normalized spacial score (nSPS) is 12.3. The highest BCUT2D eigenvalue weighted by molar-refractivity contribution is 8.16. The summed E-state index contributed by atoms with van der Waals surface area (Å²) < 4.78 is 0. The van der Waals surface area contributed by atoms with Crippen LogP contribution in [0.1, 0.15) is 134 Å². The Balaban J connectivity index is 4.77. The van der Waals surface area contributed by atoms with Crippen molar-refractivity contribution in [2.24, 2.45) is 5.41 Å². The fourth-order valence-electron chi connectivity index (χ4n) is 7.45. The zero-order valence-corrected chi connectivity index (χ0v) is 53.1. The number of nitrogens with zero attached hydrogens (tertiary/aromatic N) is 4. The minimum Gasteiger partial charge on any atom is -0.355 e. The molecule has 6 N–H and O–H groups in total. The summed E-state index contributed by atoms with van der Waals surface area (Å²) >= 11 is 3.97. The van der Waals surface area contributed by atoms with Crippen LogP contribution in [0.2, 0.25) is 0 Å². The maximum atomic E-state index is 12.8. The molecule has 0 atom stereocenters. The van der Waals surface area contributed by atoms with Crippen molar-refractivity contribution in [3.63, 3.8) is 0 Å². The lowest BCUT2D eigenvalue weighted by Gasteiger charge is -2.29. The van der Waals surface area contributed by atoms with Crippen LogP contribution in [0.3, 0.4) is 0 Å². The zero-order valence-electron chi connectivity index (χ0n) is 49.8. The highest BCUT2D eigenvalue weighted by Gasteiger charge is 2.22. The molecule has 0 aliphatic carbocycles. The second kappa shape index (κ2) is 44.7. The highest BCUT2D eigenvalue weighted by Crippen LogP contribution is 2.20. The summed E-state index contributed by atoms with van der Waals surface area (Å²) in [5, 5.41) is 18.6. The second-order valence-electron chi connectivity index (χ2n) is 22.5. The highest BCUT2D eigenvalue weighted by atomic mass is 32.2. The molecule has 0 aliphatic heterocycles. The van der Waals surface area contributed by atoms with Gasteiger partial charge in [0.05, 0.1) is 12.8 Å². The van der Waals surface area contributed by atoms with E-state index in [4.69, 9.17) is 0 Å². The van der Waals surface area contributed by atoms with Crippen LogP contribution < -0.4 is 31.9 Å². The number of ketones is 2. The van der Waals surface area contributed by atoms with Gasteiger partial charge in [-0.2, -0.15) is 0 Å². The number of nitrogens with one attached hydrogen (secondary N) is 6. The molecule has 0 heterocycles. The van der Waals surface area contributed by atoms with Gasteiger partial charge < -0.3 is 41.7 Å². The van der Waals surface area contributed by atoms with Gasteiger partial charge in [0.2, 0.25) is 11.8 Å². The van der Waals surface area contributed by atoms with Gasteiger partial charge in [-0.15, -0.1) is 0 Å². The molecule has 0 rings (SSSR count). The van der Waals surface area contributed by atoms with Crippen molar-refractivity contribution in [2.45, 2.75) is 145 Å². The number of hydrogen-bond acceptors (Lipinski definition) is 20. The van der Waals surface area contributed by atoms with E-state index < -0.39 is 5.41 Å². The molecule has 18 nitrogen and oxygen atoms in total. The number of carbonyl (C=O) groups excluding carboxylic acids is 8. The van der Waals surface area contributed by atoms with Crippen LogP contribution in [0.25, 0.3) is 0 Å². The Labute approximate surface area is 483 Å². The van der Waals surface area contributed by atoms with Crippen LogP contribution >= 0.6 is 47.0 Å². The number of amides is 2. The molecule has 0 fully saturated rings. The van der Waals surface area contributed by atoms with E-state index in [1.165, 1.54) is 0 Å². The molecular formula is C55H106N10O8S4. The van der Waals surface area contributed by atoms with E-state index in [0.717, 1.165) is 145 Å². The second-order valence-corrected chi connectivity index (χ2v) is 27.1. The van der Waals surface area contributed by atoms with Crippen LogP contribution in [-0.2, 0) is 38.4 Å². The van der Waals surface area contributed by atoms with Gasteiger partial charge in [-0.05, 0) is 74.5 Å². The predicted octanol–water partition coefficient (Wildman–Crippen LogP) is 4.79. The zero-order chi connectivity index (χ0) is 58.1. The molecular weight excluding hydrogens is 1060 g/mol. The SMILES string of the molecule is CCCN(CCNC(C)(C)C)CCN(CCNC)CCNC(=O)CCSC(=O)CC(=O)SCCC(=O)NCCN(CCNCCC(=O)CCSC(=O)CC(=O)SCCC(=O)C(C)(C)C)CCN(CCC)CCNC(C)(C)C. The number of thioether (sulfide) groups is 4. The van der Waals surface area contributed by atoms with Gasteiger partial charge >= 0.3 is 0 Å². The molecule has 0 spiro atoms. The van der Waals surface area contributed by atoms with E-state index in [9.17, 15) is 38.4 Å². The van der Waals surface area contributed by atoms with Gasteiger partial charge in [-0.3, -0.25) is 48.2 Å². The number of rotatable bonds is 47. The summed E-state index contributed by atoms with van der Waals surface area (Å²) in [5.41, 5.74) is -0.339. The Morgan fingerprint density at radius 1 is 0.390 bits per heavy atom. The standard InChI is InChI=1S/C55H106N10O8S4/c1-13-27-62(33-25-60-54(6,7)8)35-37-64(29-21-56-12)31-23-58-47(68)18-41-76-51(72)44-52(73)77-42-19-48(69)59-24-32-65(38-36-63(28-14-2)34-26-61-55(9,10)11)30-22-57-20-15-45(66)16-39-74-49(70)43-50(71)75-40-17-46(67)53(3,4)5/h56-57,60-61H,13-44H2,1-12H3,(H,58,68)(H,59,69). The Kier molecular flexibility index (Phi) is 43.5. The summed E-state index contributed by atoms with van der Waals surface area (Å²) in [6, 6.07) is 0. The summed E-state index contributed by atoms with van der Waals surface area (Å²) in [5.74, 6) is 1.06. The largest absolute Gasteiger partial charge is 0.355 e. The first-order chi connectivity index (χ1) is 36.3. The maximum Gasteiger partial charge on any atom is 0.220 e. The molecule has 0 saturated heterocycles. The minimum atomic E-state index is -0.455.